The fraction of sp³-hybridized carbons (Fsp3) is 0.462. The van der Waals surface area contributed by atoms with Crippen molar-refractivity contribution < 1.29 is 23.1 Å². The van der Waals surface area contributed by atoms with E-state index in [2.05, 4.69) is 10.0 Å². The first-order valence-corrected chi connectivity index (χ1v) is 14.9. The van der Waals surface area contributed by atoms with E-state index in [0.717, 1.165) is 19.3 Å². The second kappa shape index (κ2) is 13.1. The molecule has 0 radical (unpaired) electrons. The van der Waals surface area contributed by atoms with Gasteiger partial charge < -0.3 is 10.4 Å². The number of hydrogen-bond donors (Lipinski definition) is 3. The molecule has 1 atom stereocenters. The Morgan fingerprint density at radius 3 is 2.46 bits per heavy atom. The Morgan fingerprint density at radius 1 is 1.09 bits per heavy atom. The van der Waals surface area contributed by atoms with Crippen LogP contribution in [-0.4, -0.2) is 50.0 Å². The maximum atomic E-state index is 13.1. The average molecular weight is 519 g/mol. The van der Waals surface area contributed by atoms with Crippen molar-refractivity contribution in [3.8, 4) is 11.1 Å². The van der Waals surface area contributed by atoms with Gasteiger partial charge in [-0.3, -0.25) is 4.79 Å². The summed E-state index contributed by atoms with van der Waals surface area (Å²) < 4.78 is 28.8. The number of sulfonamides is 1. The maximum absolute atomic E-state index is 13.1. The van der Waals surface area contributed by atoms with E-state index in [1.807, 2.05) is 12.3 Å². The zero-order chi connectivity index (χ0) is 25.3. The largest absolute Gasteiger partial charge is 0.480 e. The van der Waals surface area contributed by atoms with Crippen LogP contribution in [0.4, 0.5) is 0 Å². The molecule has 9 heteroatoms. The third kappa shape index (κ3) is 7.81. The lowest BCUT2D eigenvalue weighted by Crippen LogP contribution is -2.41. The predicted molar refractivity (Wildman–Crippen MR) is 140 cm³/mol. The number of carbonyl (C=O) groups excluding carboxylic acids is 1. The summed E-state index contributed by atoms with van der Waals surface area (Å²) in [5.41, 5.74) is 1.34. The number of benzene rings is 2. The van der Waals surface area contributed by atoms with Gasteiger partial charge in [0.15, 0.2) is 0 Å². The minimum Gasteiger partial charge on any atom is -0.480 e. The molecule has 0 saturated heterocycles. The number of carboxylic acid groups (broad SMARTS) is 1. The summed E-state index contributed by atoms with van der Waals surface area (Å²) in [7, 11) is -3.76. The fourth-order valence-electron chi connectivity index (χ4n) is 4.43. The Kier molecular flexibility index (Phi) is 10.2. The Hall–Kier alpha value is -2.36. The molecule has 0 bridgehead atoms. The number of hydrogen-bond acceptors (Lipinski definition) is 5. The molecule has 2 aromatic rings. The number of aliphatic carboxylic acids is 1. The van der Waals surface area contributed by atoms with E-state index in [4.69, 9.17) is 0 Å². The van der Waals surface area contributed by atoms with Gasteiger partial charge in [-0.05, 0) is 60.1 Å². The molecule has 7 nitrogen and oxygen atoms in total. The van der Waals surface area contributed by atoms with Gasteiger partial charge in [-0.15, -0.1) is 0 Å². The lowest BCUT2D eigenvalue weighted by molar-refractivity contribution is -0.139. The van der Waals surface area contributed by atoms with Crippen LogP contribution < -0.4 is 10.0 Å². The lowest BCUT2D eigenvalue weighted by Gasteiger charge is -2.21. The van der Waals surface area contributed by atoms with Crippen LogP contribution in [-0.2, 0) is 14.8 Å². The lowest BCUT2D eigenvalue weighted by atomic mass is 9.87. The van der Waals surface area contributed by atoms with Crippen LogP contribution in [0.5, 0.6) is 0 Å². The molecule has 35 heavy (non-hydrogen) atoms. The van der Waals surface area contributed by atoms with Crippen molar-refractivity contribution in [3.05, 3.63) is 54.1 Å². The minimum absolute atomic E-state index is 0.0775. The molecular weight excluding hydrogens is 484 g/mol. The smallest absolute Gasteiger partial charge is 0.326 e. The molecule has 1 saturated carbocycles. The first kappa shape index (κ1) is 27.2. The highest BCUT2D eigenvalue weighted by atomic mass is 32.2. The Labute approximate surface area is 212 Å². The van der Waals surface area contributed by atoms with Gasteiger partial charge in [0.1, 0.15) is 6.04 Å². The molecule has 0 spiro atoms. The quantitative estimate of drug-likeness (QED) is 0.380. The monoisotopic (exact) mass is 518 g/mol. The van der Waals surface area contributed by atoms with Crippen molar-refractivity contribution >= 4 is 33.7 Å². The molecule has 2 aromatic carbocycles. The van der Waals surface area contributed by atoms with Gasteiger partial charge >= 0.3 is 5.97 Å². The molecule has 3 rings (SSSR count). The molecule has 0 heterocycles. The van der Waals surface area contributed by atoms with Crippen LogP contribution in [0.1, 0.15) is 55.3 Å². The molecule has 1 fully saturated rings. The number of amides is 1. The summed E-state index contributed by atoms with van der Waals surface area (Å²) in [6, 6.07) is 12.4. The van der Waals surface area contributed by atoms with E-state index >= 15 is 0 Å². The third-order valence-electron chi connectivity index (χ3n) is 6.41. The molecule has 1 aliphatic rings. The van der Waals surface area contributed by atoms with Crippen LogP contribution >= 0.6 is 11.8 Å². The van der Waals surface area contributed by atoms with Crippen molar-refractivity contribution in [2.75, 3.05) is 18.6 Å². The highest BCUT2D eigenvalue weighted by Crippen LogP contribution is 2.28. The first-order valence-electron chi connectivity index (χ1n) is 12.0. The second-order valence-electron chi connectivity index (χ2n) is 8.91. The molecule has 190 valence electrons. The van der Waals surface area contributed by atoms with Gasteiger partial charge in [-0.1, -0.05) is 62.4 Å². The zero-order valence-corrected chi connectivity index (χ0v) is 21.7. The van der Waals surface area contributed by atoms with Gasteiger partial charge in [0.2, 0.25) is 10.0 Å². The first-order chi connectivity index (χ1) is 16.8. The minimum atomic E-state index is -3.76. The van der Waals surface area contributed by atoms with Crippen molar-refractivity contribution in [1.82, 2.24) is 10.0 Å². The number of carboxylic acids is 1. The van der Waals surface area contributed by atoms with Gasteiger partial charge in [-0.25, -0.2) is 17.9 Å². The van der Waals surface area contributed by atoms with E-state index in [-0.39, 0.29) is 10.5 Å². The Morgan fingerprint density at radius 2 is 1.80 bits per heavy atom. The summed E-state index contributed by atoms with van der Waals surface area (Å²) in [5, 5.41) is 12.1. The summed E-state index contributed by atoms with van der Waals surface area (Å²) >= 11 is 1.50. The van der Waals surface area contributed by atoms with Gasteiger partial charge in [0.25, 0.3) is 5.91 Å². The summed E-state index contributed by atoms with van der Waals surface area (Å²) in [4.78, 5) is 24.8. The zero-order valence-electron chi connectivity index (χ0n) is 20.0. The molecule has 0 aliphatic heterocycles. The van der Waals surface area contributed by atoms with Crippen molar-refractivity contribution in [2.24, 2.45) is 5.92 Å². The Balaban J connectivity index is 1.83. The van der Waals surface area contributed by atoms with Crippen molar-refractivity contribution in [2.45, 2.75) is 55.9 Å². The predicted octanol–water partition coefficient (Wildman–Crippen LogP) is 4.54. The van der Waals surface area contributed by atoms with Gasteiger partial charge in [0.05, 0.1) is 4.90 Å². The highest BCUT2D eigenvalue weighted by Gasteiger charge is 2.24. The Bertz CT molecular complexity index is 1100. The number of rotatable bonds is 12. The van der Waals surface area contributed by atoms with Gasteiger partial charge in [-0.2, -0.15) is 11.8 Å². The SMILES string of the molecule is CSCCC(NC(=O)c1ccc(S(=O)(=O)NCCC2CCCCC2)cc1-c1ccccc1)C(=O)O. The fourth-order valence-corrected chi connectivity index (χ4v) is 5.98. The molecule has 1 aliphatic carbocycles. The summed E-state index contributed by atoms with van der Waals surface area (Å²) in [6.07, 6.45) is 8.96. The maximum Gasteiger partial charge on any atom is 0.326 e. The van der Waals surface area contributed by atoms with E-state index in [9.17, 15) is 23.1 Å². The summed E-state index contributed by atoms with van der Waals surface area (Å²) in [5.74, 6) is -0.501. The van der Waals surface area contributed by atoms with E-state index in [1.165, 1.54) is 49.2 Å². The van der Waals surface area contributed by atoms with Crippen LogP contribution in [0, 0.1) is 5.92 Å². The third-order valence-corrected chi connectivity index (χ3v) is 8.52. The molecule has 1 unspecified atom stereocenters. The van der Waals surface area contributed by atoms with Crippen LogP contribution in [0.25, 0.3) is 11.1 Å². The van der Waals surface area contributed by atoms with Crippen LogP contribution in [0.2, 0.25) is 0 Å². The number of thioether (sulfide) groups is 1. The number of carbonyl (C=O) groups is 2. The molecule has 0 aromatic heterocycles. The van der Waals surface area contributed by atoms with Gasteiger partial charge in [0, 0.05) is 12.1 Å². The average Bonchev–Trinajstić information content (AvgIpc) is 2.87. The topological polar surface area (TPSA) is 113 Å². The van der Waals surface area contributed by atoms with E-state index in [0.29, 0.717) is 35.8 Å². The number of nitrogens with one attached hydrogen (secondary N) is 2. The van der Waals surface area contributed by atoms with E-state index < -0.39 is 27.9 Å². The normalized spacial score (nSPS) is 15.5. The molecule has 3 N–H and O–H groups in total. The summed E-state index contributed by atoms with van der Waals surface area (Å²) in [6.45, 7) is 0.381. The standard InChI is InChI=1S/C26H34N2O5S2/c1-34-17-15-24(26(30)31)28-25(29)22-13-12-21(18-23(22)20-10-6-3-7-11-20)35(32,33)27-16-14-19-8-4-2-5-9-19/h3,6-7,10-13,18-19,24,27H,2,4-5,8-9,14-17H2,1H3,(H,28,29)(H,30,31). The van der Waals surface area contributed by atoms with Crippen LogP contribution in [0.15, 0.2) is 53.4 Å². The van der Waals surface area contributed by atoms with Crippen molar-refractivity contribution in [1.29, 1.82) is 0 Å². The van der Waals surface area contributed by atoms with Crippen molar-refractivity contribution in [3.63, 3.8) is 0 Å². The molecule has 1 amide bonds. The molecular formula is C26H34N2O5S2. The second-order valence-corrected chi connectivity index (χ2v) is 11.7. The highest BCUT2D eigenvalue weighted by molar-refractivity contribution is 7.98. The van der Waals surface area contributed by atoms with E-state index in [1.54, 1.807) is 24.3 Å². The van der Waals surface area contributed by atoms with Crippen LogP contribution in [0.3, 0.4) is 0 Å².